The molecule has 5 heteroatoms. The molecule has 2 rings (SSSR count). The Morgan fingerprint density at radius 2 is 1.48 bits per heavy atom. The van der Waals surface area contributed by atoms with E-state index < -0.39 is 12.0 Å². The average Bonchev–Trinajstić information content (AvgIpc) is 2.48. The van der Waals surface area contributed by atoms with Crippen molar-refractivity contribution in [2.45, 2.75) is 12.5 Å². The fraction of sp³-hybridized carbons (Fsp3) is 0.125. The zero-order valence-corrected chi connectivity index (χ0v) is 12.0. The van der Waals surface area contributed by atoms with E-state index in [9.17, 15) is 9.59 Å². The van der Waals surface area contributed by atoms with E-state index in [1.807, 2.05) is 18.2 Å². The second-order valence-electron chi connectivity index (χ2n) is 4.54. The number of carboxylic acids is 1. The predicted molar refractivity (Wildman–Crippen MR) is 82.9 cm³/mol. The van der Waals surface area contributed by atoms with Gasteiger partial charge in [0.1, 0.15) is 6.04 Å². The van der Waals surface area contributed by atoms with Crippen LogP contribution in [0.3, 0.4) is 0 Å². The molecule has 0 saturated carbocycles. The Bertz CT molecular complexity index is 611. The molecule has 0 heterocycles. The van der Waals surface area contributed by atoms with Gasteiger partial charge in [0.2, 0.25) is 0 Å². The van der Waals surface area contributed by atoms with Gasteiger partial charge in [-0.15, -0.1) is 12.4 Å². The molecule has 0 radical (unpaired) electrons. The van der Waals surface area contributed by atoms with Crippen molar-refractivity contribution in [3.8, 4) is 0 Å². The van der Waals surface area contributed by atoms with Crippen molar-refractivity contribution in [3.05, 3.63) is 71.3 Å². The van der Waals surface area contributed by atoms with Crippen molar-refractivity contribution < 1.29 is 14.7 Å². The zero-order chi connectivity index (χ0) is 14.5. The number of ketones is 1. The fourth-order valence-electron chi connectivity index (χ4n) is 1.89. The summed E-state index contributed by atoms with van der Waals surface area (Å²) in [6, 6.07) is 14.9. The van der Waals surface area contributed by atoms with Gasteiger partial charge in [-0.25, -0.2) is 0 Å². The molecule has 0 aliphatic heterocycles. The molecule has 0 bridgehead atoms. The van der Waals surface area contributed by atoms with Crippen LogP contribution >= 0.6 is 12.4 Å². The number of nitrogens with two attached hydrogens (primary N) is 1. The molecular weight excluding hydrogens is 290 g/mol. The molecule has 4 nitrogen and oxygen atoms in total. The SMILES string of the molecule is Cl.N[C@@H](Cc1ccc(C(=O)c2ccccc2)cc1)C(=O)O. The van der Waals surface area contributed by atoms with Crippen molar-refractivity contribution in [1.29, 1.82) is 0 Å². The van der Waals surface area contributed by atoms with Crippen LogP contribution in [0.4, 0.5) is 0 Å². The van der Waals surface area contributed by atoms with E-state index in [2.05, 4.69) is 0 Å². The first-order valence-electron chi connectivity index (χ1n) is 6.25. The van der Waals surface area contributed by atoms with Crippen molar-refractivity contribution in [2.75, 3.05) is 0 Å². The Labute approximate surface area is 129 Å². The van der Waals surface area contributed by atoms with Gasteiger partial charge < -0.3 is 10.8 Å². The molecule has 2 aromatic carbocycles. The Morgan fingerprint density at radius 3 is 2.00 bits per heavy atom. The van der Waals surface area contributed by atoms with Crippen LogP contribution in [0, 0.1) is 0 Å². The number of halogens is 1. The lowest BCUT2D eigenvalue weighted by Crippen LogP contribution is -2.32. The van der Waals surface area contributed by atoms with E-state index in [0.29, 0.717) is 11.1 Å². The third-order valence-electron chi connectivity index (χ3n) is 3.02. The largest absolute Gasteiger partial charge is 0.480 e. The van der Waals surface area contributed by atoms with Gasteiger partial charge in [0.15, 0.2) is 5.78 Å². The van der Waals surface area contributed by atoms with Crippen molar-refractivity contribution in [2.24, 2.45) is 5.73 Å². The second kappa shape index (κ2) is 7.57. The average molecular weight is 306 g/mol. The number of carboxylic acid groups (broad SMARTS) is 1. The molecule has 3 N–H and O–H groups in total. The highest BCUT2D eigenvalue weighted by atomic mass is 35.5. The van der Waals surface area contributed by atoms with Crippen molar-refractivity contribution in [3.63, 3.8) is 0 Å². The van der Waals surface area contributed by atoms with Gasteiger partial charge in [-0.3, -0.25) is 9.59 Å². The lowest BCUT2D eigenvalue weighted by molar-refractivity contribution is -0.138. The summed E-state index contributed by atoms with van der Waals surface area (Å²) in [6.07, 6.45) is 0.245. The maximum Gasteiger partial charge on any atom is 0.320 e. The molecular formula is C16H16ClNO3. The van der Waals surface area contributed by atoms with Gasteiger partial charge in [0.05, 0.1) is 0 Å². The molecule has 21 heavy (non-hydrogen) atoms. The normalized spacial score (nSPS) is 11.3. The maximum absolute atomic E-state index is 12.2. The van der Waals surface area contributed by atoms with Crippen molar-refractivity contribution >= 4 is 24.2 Å². The topological polar surface area (TPSA) is 80.4 Å². The summed E-state index contributed by atoms with van der Waals surface area (Å²) >= 11 is 0. The summed E-state index contributed by atoms with van der Waals surface area (Å²) in [5.41, 5.74) is 7.47. The quantitative estimate of drug-likeness (QED) is 0.831. The minimum Gasteiger partial charge on any atom is -0.480 e. The Kier molecular flexibility index (Phi) is 6.09. The molecule has 0 aliphatic rings. The van der Waals surface area contributed by atoms with Gasteiger partial charge in [0, 0.05) is 11.1 Å². The van der Waals surface area contributed by atoms with E-state index >= 15 is 0 Å². The van der Waals surface area contributed by atoms with Crippen LogP contribution in [-0.4, -0.2) is 22.9 Å². The zero-order valence-electron chi connectivity index (χ0n) is 11.2. The highest BCUT2D eigenvalue weighted by molar-refractivity contribution is 6.08. The van der Waals surface area contributed by atoms with Gasteiger partial charge in [0.25, 0.3) is 0 Å². The van der Waals surface area contributed by atoms with Crippen LogP contribution in [0.5, 0.6) is 0 Å². The molecule has 110 valence electrons. The first-order valence-corrected chi connectivity index (χ1v) is 6.25. The summed E-state index contributed by atoms with van der Waals surface area (Å²) in [5, 5.41) is 8.76. The number of aliphatic carboxylic acids is 1. The predicted octanol–water partition coefficient (Wildman–Crippen LogP) is 2.29. The summed E-state index contributed by atoms with van der Waals surface area (Å²) in [5.74, 6) is -1.09. The van der Waals surface area contributed by atoms with Crippen LogP contribution in [0.1, 0.15) is 21.5 Å². The Hall–Kier alpha value is -2.17. The van der Waals surface area contributed by atoms with Gasteiger partial charge in [-0.05, 0) is 12.0 Å². The van der Waals surface area contributed by atoms with Gasteiger partial charge in [-0.2, -0.15) is 0 Å². The molecule has 1 atom stereocenters. The first-order chi connectivity index (χ1) is 9.58. The first kappa shape index (κ1) is 16.9. The number of carbonyl (C=O) groups is 2. The van der Waals surface area contributed by atoms with Crippen LogP contribution < -0.4 is 5.73 Å². The highest BCUT2D eigenvalue weighted by Gasteiger charge is 2.13. The van der Waals surface area contributed by atoms with Crippen LogP contribution in [-0.2, 0) is 11.2 Å². The van der Waals surface area contributed by atoms with Crippen LogP contribution in [0.25, 0.3) is 0 Å². The molecule has 0 amide bonds. The number of benzene rings is 2. The molecule has 0 spiro atoms. The Morgan fingerprint density at radius 1 is 0.952 bits per heavy atom. The Balaban J connectivity index is 0.00000220. The maximum atomic E-state index is 12.2. The van der Waals surface area contributed by atoms with Crippen LogP contribution in [0.15, 0.2) is 54.6 Å². The summed E-state index contributed by atoms with van der Waals surface area (Å²) in [6.45, 7) is 0. The summed E-state index contributed by atoms with van der Waals surface area (Å²) < 4.78 is 0. The second-order valence-corrected chi connectivity index (χ2v) is 4.54. The smallest absolute Gasteiger partial charge is 0.320 e. The summed E-state index contributed by atoms with van der Waals surface area (Å²) in [4.78, 5) is 22.9. The third-order valence-corrected chi connectivity index (χ3v) is 3.02. The lowest BCUT2D eigenvalue weighted by atomic mass is 10.00. The van der Waals surface area contributed by atoms with E-state index in [4.69, 9.17) is 10.8 Å². The van der Waals surface area contributed by atoms with E-state index in [1.54, 1.807) is 36.4 Å². The fourth-order valence-corrected chi connectivity index (χ4v) is 1.89. The molecule has 0 unspecified atom stereocenters. The van der Waals surface area contributed by atoms with Crippen LogP contribution in [0.2, 0.25) is 0 Å². The summed E-state index contributed by atoms with van der Waals surface area (Å²) in [7, 11) is 0. The van der Waals surface area contributed by atoms with Gasteiger partial charge >= 0.3 is 5.97 Å². The molecule has 0 aliphatic carbocycles. The molecule has 0 saturated heterocycles. The monoisotopic (exact) mass is 305 g/mol. The minimum atomic E-state index is -1.03. The van der Waals surface area contributed by atoms with Crippen molar-refractivity contribution in [1.82, 2.24) is 0 Å². The highest BCUT2D eigenvalue weighted by Crippen LogP contribution is 2.12. The number of carbonyl (C=O) groups excluding carboxylic acids is 1. The standard InChI is InChI=1S/C16H15NO3.ClH/c17-14(16(19)20)10-11-6-8-13(9-7-11)15(18)12-4-2-1-3-5-12;/h1-9,14H,10,17H2,(H,19,20);1H/t14-;/m0./s1. The van der Waals surface area contributed by atoms with E-state index in [-0.39, 0.29) is 24.6 Å². The van der Waals surface area contributed by atoms with E-state index in [0.717, 1.165) is 5.56 Å². The third kappa shape index (κ3) is 4.41. The minimum absolute atomic E-state index is 0. The number of hydrogen-bond donors (Lipinski definition) is 2. The number of rotatable bonds is 5. The van der Waals surface area contributed by atoms with E-state index in [1.165, 1.54) is 0 Å². The number of hydrogen-bond acceptors (Lipinski definition) is 3. The molecule has 2 aromatic rings. The lowest BCUT2D eigenvalue weighted by Gasteiger charge is -2.07. The molecule has 0 aromatic heterocycles. The van der Waals surface area contributed by atoms with Gasteiger partial charge in [-0.1, -0.05) is 54.6 Å². The molecule has 0 fully saturated rings.